The van der Waals surface area contributed by atoms with Crippen LogP contribution in [-0.2, 0) is 14.3 Å². The standard InChI is InChI=1S/C21H19NO4/c1-13-6-4-8-16(10-13)22-14(2)19(21(25)26-3)18(20(22)24)12-15-7-5-9-17(23)11-15/h4-12,23H,1-3H3/b18-12-. The lowest BCUT2D eigenvalue weighted by atomic mass is 10.0. The second kappa shape index (κ2) is 6.88. The molecule has 0 atom stereocenters. The minimum atomic E-state index is -0.572. The highest BCUT2D eigenvalue weighted by molar-refractivity contribution is 6.23. The van der Waals surface area contributed by atoms with Crippen LogP contribution in [-0.4, -0.2) is 24.1 Å². The average molecular weight is 349 g/mol. The number of ether oxygens (including phenoxy) is 1. The van der Waals surface area contributed by atoms with Gasteiger partial charge in [0.1, 0.15) is 5.75 Å². The molecule has 1 aliphatic rings. The Morgan fingerprint density at radius 3 is 2.50 bits per heavy atom. The third kappa shape index (κ3) is 3.11. The molecule has 0 aromatic heterocycles. The number of carbonyl (C=O) groups excluding carboxylic acids is 2. The van der Waals surface area contributed by atoms with Gasteiger partial charge in [-0.15, -0.1) is 0 Å². The van der Waals surface area contributed by atoms with Crippen LogP contribution in [0, 0.1) is 6.92 Å². The zero-order valence-corrected chi connectivity index (χ0v) is 14.8. The van der Waals surface area contributed by atoms with E-state index in [0.717, 1.165) is 5.56 Å². The first-order valence-electron chi connectivity index (χ1n) is 8.14. The number of amides is 1. The van der Waals surface area contributed by atoms with Crippen LogP contribution in [0.5, 0.6) is 5.75 Å². The number of carbonyl (C=O) groups is 2. The molecule has 0 spiro atoms. The lowest BCUT2D eigenvalue weighted by molar-refractivity contribution is -0.136. The maximum absolute atomic E-state index is 13.1. The normalized spacial score (nSPS) is 15.7. The van der Waals surface area contributed by atoms with Crippen molar-refractivity contribution in [3.63, 3.8) is 0 Å². The molecule has 132 valence electrons. The van der Waals surface area contributed by atoms with Gasteiger partial charge >= 0.3 is 5.97 Å². The smallest absolute Gasteiger partial charge is 0.340 e. The Balaban J connectivity index is 2.15. The minimum Gasteiger partial charge on any atom is -0.508 e. The quantitative estimate of drug-likeness (QED) is 0.679. The molecule has 3 rings (SSSR count). The van der Waals surface area contributed by atoms with Crippen molar-refractivity contribution in [1.29, 1.82) is 0 Å². The van der Waals surface area contributed by atoms with Gasteiger partial charge in [-0.25, -0.2) is 4.79 Å². The van der Waals surface area contributed by atoms with Crippen molar-refractivity contribution in [2.24, 2.45) is 0 Å². The first-order valence-corrected chi connectivity index (χ1v) is 8.14. The first-order chi connectivity index (χ1) is 12.4. The van der Waals surface area contributed by atoms with Gasteiger partial charge in [0.05, 0.1) is 18.3 Å². The summed E-state index contributed by atoms with van der Waals surface area (Å²) < 4.78 is 4.89. The summed E-state index contributed by atoms with van der Waals surface area (Å²) in [5.74, 6) is -0.796. The Morgan fingerprint density at radius 1 is 1.12 bits per heavy atom. The van der Waals surface area contributed by atoms with Crippen molar-refractivity contribution >= 4 is 23.6 Å². The summed E-state index contributed by atoms with van der Waals surface area (Å²) in [6, 6.07) is 14.0. The van der Waals surface area contributed by atoms with Gasteiger partial charge in [0.25, 0.3) is 5.91 Å². The molecule has 2 aromatic rings. The predicted molar refractivity (Wildman–Crippen MR) is 99.5 cm³/mol. The summed E-state index contributed by atoms with van der Waals surface area (Å²) in [5.41, 5.74) is 3.29. The Hall–Kier alpha value is -3.34. The summed E-state index contributed by atoms with van der Waals surface area (Å²) in [6.07, 6.45) is 1.59. The van der Waals surface area contributed by atoms with Crippen molar-refractivity contribution in [2.45, 2.75) is 13.8 Å². The van der Waals surface area contributed by atoms with Crippen molar-refractivity contribution < 1.29 is 19.4 Å². The van der Waals surface area contributed by atoms with Crippen LogP contribution in [0.1, 0.15) is 18.1 Å². The number of phenols is 1. The number of methoxy groups -OCH3 is 1. The Morgan fingerprint density at radius 2 is 1.85 bits per heavy atom. The molecule has 5 nitrogen and oxygen atoms in total. The van der Waals surface area contributed by atoms with Crippen LogP contribution in [0.2, 0.25) is 0 Å². The van der Waals surface area contributed by atoms with Crippen LogP contribution in [0.25, 0.3) is 6.08 Å². The molecular formula is C21H19NO4. The third-order valence-electron chi connectivity index (χ3n) is 4.23. The van der Waals surface area contributed by atoms with E-state index in [1.54, 1.807) is 31.2 Å². The van der Waals surface area contributed by atoms with Gasteiger partial charge in [-0.05, 0) is 55.3 Å². The molecule has 1 N–H and O–H groups in total. The number of aromatic hydroxyl groups is 1. The van der Waals surface area contributed by atoms with E-state index < -0.39 is 5.97 Å². The summed E-state index contributed by atoms with van der Waals surface area (Å²) in [7, 11) is 1.29. The van der Waals surface area contributed by atoms with E-state index in [0.29, 0.717) is 16.9 Å². The largest absolute Gasteiger partial charge is 0.508 e. The van der Waals surface area contributed by atoms with Crippen molar-refractivity contribution in [1.82, 2.24) is 0 Å². The molecule has 5 heteroatoms. The number of benzene rings is 2. The highest BCUT2D eigenvalue weighted by atomic mass is 16.5. The molecular weight excluding hydrogens is 330 g/mol. The van der Waals surface area contributed by atoms with Crippen LogP contribution in [0.15, 0.2) is 65.4 Å². The minimum absolute atomic E-state index is 0.0839. The monoisotopic (exact) mass is 349 g/mol. The molecule has 1 amide bonds. The molecule has 1 aliphatic heterocycles. The molecule has 0 bridgehead atoms. The van der Waals surface area contributed by atoms with E-state index in [2.05, 4.69) is 0 Å². The predicted octanol–water partition coefficient (Wildman–Crippen LogP) is 3.58. The number of anilines is 1. The van der Waals surface area contributed by atoms with E-state index in [4.69, 9.17) is 4.74 Å². The van der Waals surface area contributed by atoms with Crippen LogP contribution >= 0.6 is 0 Å². The molecule has 0 radical (unpaired) electrons. The average Bonchev–Trinajstić information content (AvgIpc) is 2.84. The number of hydrogen-bond acceptors (Lipinski definition) is 4. The van der Waals surface area contributed by atoms with Crippen molar-refractivity contribution in [2.75, 3.05) is 12.0 Å². The summed E-state index contributed by atoms with van der Waals surface area (Å²) in [5, 5.41) is 9.66. The van der Waals surface area contributed by atoms with Crippen LogP contribution in [0.4, 0.5) is 5.69 Å². The molecule has 0 saturated carbocycles. The molecule has 0 aliphatic carbocycles. The Labute approximate surface area is 151 Å². The fourth-order valence-corrected chi connectivity index (χ4v) is 3.04. The highest BCUT2D eigenvalue weighted by Crippen LogP contribution is 2.35. The van der Waals surface area contributed by atoms with Gasteiger partial charge in [0.2, 0.25) is 0 Å². The number of phenolic OH excluding ortho intramolecular Hbond substituents is 1. The summed E-state index contributed by atoms with van der Waals surface area (Å²) >= 11 is 0. The Kier molecular flexibility index (Phi) is 4.63. The van der Waals surface area contributed by atoms with Gasteiger partial charge in [-0.2, -0.15) is 0 Å². The summed E-state index contributed by atoms with van der Waals surface area (Å²) in [4.78, 5) is 26.9. The number of esters is 1. The van der Waals surface area contributed by atoms with Crippen LogP contribution < -0.4 is 4.90 Å². The number of allylic oxidation sites excluding steroid dienone is 1. The molecule has 1 heterocycles. The molecule has 26 heavy (non-hydrogen) atoms. The lowest BCUT2D eigenvalue weighted by Gasteiger charge is -2.18. The molecule has 0 unspecified atom stereocenters. The number of hydrogen-bond donors (Lipinski definition) is 1. The van der Waals surface area contributed by atoms with E-state index in [9.17, 15) is 14.7 Å². The van der Waals surface area contributed by atoms with E-state index >= 15 is 0 Å². The molecule has 0 fully saturated rings. The van der Waals surface area contributed by atoms with Gasteiger partial charge in [0, 0.05) is 11.4 Å². The third-order valence-corrected chi connectivity index (χ3v) is 4.23. The SMILES string of the molecule is COC(=O)C1=C(C)N(c2cccc(C)c2)C(=O)/C1=C\c1cccc(O)c1. The molecule has 0 saturated heterocycles. The van der Waals surface area contributed by atoms with E-state index in [-0.39, 0.29) is 22.8 Å². The lowest BCUT2D eigenvalue weighted by Crippen LogP contribution is -2.24. The number of aryl methyl sites for hydroxylation is 1. The van der Waals surface area contributed by atoms with Gasteiger partial charge in [-0.1, -0.05) is 24.3 Å². The number of nitrogens with zero attached hydrogens (tertiary/aromatic N) is 1. The fraction of sp³-hybridized carbons (Fsp3) is 0.143. The van der Waals surface area contributed by atoms with Crippen LogP contribution in [0.3, 0.4) is 0 Å². The first kappa shape index (κ1) is 17.5. The zero-order valence-electron chi connectivity index (χ0n) is 14.8. The van der Waals surface area contributed by atoms with Crippen molar-refractivity contribution in [3.05, 3.63) is 76.5 Å². The number of rotatable bonds is 3. The maximum atomic E-state index is 13.1. The van der Waals surface area contributed by atoms with E-state index in [1.807, 2.05) is 31.2 Å². The highest BCUT2D eigenvalue weighted by Gasteiger charge is 2.37. The Bertz CT molecular complexity index is 956. The zero-order chi connectivity index (χ0) is 18.8. The van der Waals surface area contributed by atoms with Gasteiger partial charge < -0.3 is 9.84 Å². The second-order valence-electron chi connectivity index (χ2n) is 6.08. The maximum Gasteiger partial charge on any atom is 0.340 e. The topological polar surface area (TPSA) is 66.8 Å². The van der Waals surface area contributed by atoms with Crippen molar-refractivity contribution in [3.8, 4) is 5.75 Å². The molecule has 2 aromatic carbocycles. The van der Waals surface area contributed by atoms with E-state index in [1.165, 1.54) is 18.1 Å². The van der Waals surface area contributed by atoms with Gasteiger partial charge in [0.15, 0.2) is 0 Å². The fourth-order valence-electron chi connectivity index (χ4n) is 3.04. The van der Waals surface area contributed by atoms with Gasteiger partial charge in [-0.3, -0.25) is 9.69 Å². The second-order valence-corrected chi connectivity index (χ2v) is 6.08. The summed E-state index contributed by atoms with van der Waals surface area (Å²) in [6.45, 7) is 3.66.